The molecule has 58 heavy (non-hydrogen) atoms. The van der Waals surface area contributed by atoms with Gasteiger partial charge in [-0.15, -0.1) is 0 Å². The lowest BCUT2D eigenvalue weighted by Gasteiger charge is -2.32. The average molecular weight is 825 g/mol. The summed E-state index contributed by atoms with van der Waals surface area (Å²) in [5.74, 6) is -1.08. The van der Waals surface area contributed by atoms with Gasteiger partial charge in [0.1, 0.15) is 12.2 Å². The highest BCUT2D eigenvalue weighted by atomic mass is 16.6. The highest BCUT2D eigenvalue weighted by molar-refractivity contribution is 5.75. The standard InChI is InChI=1S/C48H88O10/c1-7-9-11-13-17-23-29-41(53-3)44(32-26-20-16-22-28-34-46(50)56-6)58-48(52)40-37-35-39(36-38-40)47(51)57-43(31-25-18-14-12-10-8-2)42(54-4)30-24-19-15-21-27-33-45(49)55-5/h39-44H,7-38H2,1-6H3. The zero-order chi connectivity index (χ0) is 42.6. The summed E-state index contributed by atoms with van der Waals surface area (Å²) in [5, 5.41) is 0. The minimum atomic E-state index is -0.292. The predicted octanol–water partition coefficient (Wildman–Crippen LogP) is 12.0. The molecule has 4 atom stereocenters. The Balaban J connectivity index is 2.77. The molecule has 0 radical (unpaired) electrons. The second kappa shape index (κ2) is 36.6. The maximum atomic E-state index is 13.7. The number of carbonyl (C=O) groups excluding carboxylic acids is 4. The van der Waals surface area contributed by atoms with Gasteiger partial charge in [0.15, 0.2) is 0 Å². The van der Waals surface area contributed by atoms with Crippen LogP contribution in [0.15, 0.2) is 0 Å². The Labute approximate surface area is 354 Å². The predicted molar refractivity (Wildman–Crippen MR) is 231 cm³/mol. The van der Waals surface area contributed by atoms with Gasteiger partial charge in [-0.2, -0.15) is 0 Å². The minimum Gasteiger partial charge on any atom is -0.469 e. The Morgan fingerprint density at radius 2 is 0.672 bits per heavy atom. The molecule has 340 valence electrons. The lowest BCUT2D eigenvalue weighted by Crippen LogP contribution is -2.38. The molecule has 0 saturated heterocycles. The molecule has 4 unspecified atom stereocenters. The number of carbonyl (C=O) groups is 4. The largest absolute Gasteiger partial charge is 0.469 e. The summed E-state index contributed by atoms with van der Waals surface area (Å²) in [6.07, 6.45) is 29.7. The van der Waals surface area contributed by atoms with Crippen molar-refractivity contribution in [3.63, 3.8) is 0 Å². The van der Waals surface area contributed by atoms with Crippen LogP contribution in [0.5, 0.6) is 0 Å². The molecule has 0 spiro atoms. The summed E-state index contributed by atoms with van der Waals surface area (Å²) >= 11 is 0. The van der Waals surface area contributed by atoms with E-state index in [9.17, 15) is 19.2 Å². The second-order valence-electron chi connectivity index (χ2n) is 16.9. The SMILES string of the molecule is CCCCCCCCC(OC)C(CCCCCCCC(=O)OC)OC(=O)C1CCC(C(=O)OC(CCCCCCCC)C(CCCCCCCC(=O)OC)OC)CC1. The van der Waals surface area contributed by atoms with Crippen molar-refractivity contribution in [3.8, 4) is 0 Å². The van der Waals surface area contributed by atoms with Crippen LogP contribution in [-0.2, 0) is 47.6 Å². The van der Waals surface area contributed by atoms with Gasteiger partial charge >= 0.3 is 23.9 Å². The molecule has 0 aromatic carbocycles. The van der Waals surface area contributed by atoms with Gasteiger partial charge in [-0.25, -0.2) is 0 Å². The zero-order valence-corrected chi connectivity index (χ0v) is 38.2. The van der Waals surface area contributed by atoms with Gasteiger partial charge in [-0.3, -0.25) is 19.2 Å². The summed E-state index contributed by atoms with van der Waals surface area (Å²) in [6.45, 7) is 4.45. The van der Waals surface area contributed by atoms with E-state index in [0.29, 0.717) is 38.5 Å². The number of unbranched alkanes of at least 4 members (excludes halogenated alkanes) is 18. The Hall–Kier alpha value is -2.20. The van der Waals surface area contributed by atoms with E-state index in [-0.39, 0.29) is 60.1 Å². The molecule has 1 saturated carbocycles. The van der Waals surface area contributed by atoms with E-state index >= 15 is 0 Å². The monoisotopic (exact) mass is 825 g/mol. The number of hydrogen-bond donors (Lipinski definition) is 0. The van der Waals surface area contributed by atoms with Gasteiger partial charge in [-0.05, 0) is 77.0 Å². The van der Waals surface area contributed by atoms with E-state index in [1.807, 2.05) is 0 Å². The van der Waals surface area contributed by atoms with E-state index in [1.54, 1.807) is 14.2 Å². The minimum absolute atomic E-state index is 0.135. The normalized spacial score (nSPS) is 17.6. The molecule has 1 fully saturated rings. The molecular weight excluding hydrogens is 737 g/mol. The van der Waals surface area contributed by atoms with E-state index < -0.39 is 0 Å². The summed E-state index contributed by atoms with van der Waals surface area (Å²) < 4.78 is 34.1. The third-order valence-corrected chi connectivity index (χ3v) is 12.2. The van der Waals surface area contributed by atoms with Crippen LogP contribution >= 0.6 is 0 Å². The topological polar surface area (TPSA) is 124 Å². The van der Waals surface area contributed by atoms with E-state index in [2.05, 4.69) is 13.8 Å². The van der Waals surface area contributed by atoms with Crippen LogP contribution in [-0.4, -0.2) is 76.7 Å². The van der Waals surface area contributed by atoms with Crippen molar-refractivity contribution in [2.24, 2.45) is 11.8 Å². The number of esters is 4. The van der Waals surface area contributed by atoms with Crippen molar-refractivity contribution in [2.75, 3.05) is 28.4 Å². The molecule has 0 N–H and O–H groups in total. The fourth-order valence-electron chi connectivity index (χ4n) is 8.35. The summed E-state index contributed by atoms with van der Waals surface area (Å²) in [7, 11) is 6.31. The van der Waals surface area contributed by atoms with Crippen LogP contribution in [0.1, 0.15) is 219 Å². The molecule has 1 rings (SSSR count). The van der Waals surface area contributed by atoms with Crippen LogP contribution in [0, 0.1) is 11.8 Å². The lowest BCUT2D eigenvalue weighted by atomic mass is 9.82. The summed E-state index contributed by atoms with van der Waals surface area (Å²) in [5.41, 5.74) is 0. The van der Waals surface area contributed by atoms with E-state index in [0.717, 1.165) is 116 Å². The van der Waals surface area contributed by atoms with E-state index in [1.165, 1.54) is 65.6 Å². The molecule has 1 aliphatic rings. The maximum absolute atomic E-state index is 13.7. The van der Waals surface area contributed by atoms with Crippen LogP contribution in [0.2, 0.25) is 0 Å². The molecule has 0 aliphatic heterocycles. The summed E-state index contributed by atoms with van der Waals surface area (Å²) in [6, 6.07) is 0. The van der Waals surface area contributed by atoms with Crippen LogP contribution < -0.4 is 0 Å². The number of rotatable bonds is 38. The van der Waals surface area contributed by atoms with Gasteiger partial charge in [-0.1, -0.05) is 129 Å². The second-order valence-corrected chi connectivity index (χ2v) is 16.9. The highest BCUT2D eigenvalue weighted by Gasteiger charge is 2.36. The highest BCUT2D eigenvalue weighted by Crippen LogP contribution is 2.33. The molecular formula is C48H88O10. The lowest BCUT2D eigenvalue weighted by molar-refractivity contribution is -0.169. The molecule has 0 aromatic heterocycles. The molecule has 0 aromatic rings. The van der Waals surface area contributed by atoms with Gasteiger partial charge in [0.2, 0.25) is 0 Å². The van der Waals surface area contributed by atoms with Gasteiger partial charge < -0.3 is 28.4 Å². The fourth-order valence-corrected chi connectivity index (χ4v) is 8.35. The van der Waals surface area contributed by atoms with Crippen molar-refractivity contribution >= 4 is 23.9 Å². The first-order valence-corrected chi connectivity index (χ1v) is 23.8. The first-order chi connectivity index (χ1) is 28.2. The third-order valence-electron chi connectivity index (χ3n) is 12.2. The number of hydrogen-bond acceptors (Lipinski definition) is 10. The molecule has 10 nitrogen and oxygen atoms in total. The van der Waals surface area contributed by atoms with Crippen molar-refractivity contribution in [1.29, 1.82) is 0 Å². The van der Waals surface area contributed by atoms with Crippen LogP contribution in [0.4, 0.5) is 0 Å². The number of methoxy groups -OCH3 is 4. The van der Waals surface area contributed by atoms with Gasteiger partial charge in [0.05, 0.1) is 38.3 Å². The van der Waals surface area contributed by atoms with Crippen molar-refractivity contribution in [3.05, 3.63) is 0 Å². The van der Waals surface area contributed by atoms with Crippen molar-refractivity contribution in [1.82, 2.24) is 0 Å². The van der Waals surface area contributed by atoms with Crippen LogP contribution in [0.25, 0.3) is 0 Å². The Kier molecular flexibility index (Phi) is 34.0. The molecule has 1 aliphatic carbocycles. The third kappa shape index (κ3) is 26.1. The Bertz CT molecular complexity index is 1030. The smallest absolute Gasteiger partial charge is 0.309 e. The Morgan fingerprint density at radius 3 is 0.966 bits per heavy atom. The van der Waals surface area contributed by atoms with Gasteiger partial charge in [0, 0.05) is 27.1 Å². The van der Waals surface area contributed by atoms with Crippen LogP contribution in [0.3, 0.4) is 0 Å². The first kappa shape index (κ1) is 53.8. The molecule has 0 bridgehead atoms. The Morgan fingerprint density at radius 1 is 0.397 bits per heavy atom. The fraction of sp³-hybridized carbons (Fsp3) is 0.917. The maximum Gasteiger partial charge on any atom is 0.309 e. The van der Waals surface area contributed by atoms with Gasteiger partial charge in [0.25, 0.3) is 0 Å². The van der Waals surface area contributed by atoms with Crippen molar-refractivity contribution < 1.29 is 47.6 Å². The average Bonchev–Trinajstić information content (AvgIpc) is 3.24. The molecule has 0 amide bonds. The molecule has 10 heteroatoms. The first-order valence-electron chi connectivity index (χ1n) is 23.8. The molecule has 0 heterocycles. The number of ether oxygens (including phenoxy) is 6. The quantitative estimate of drug-likeness (QED) is 0.0338. The summed E-state index contributed by atoms with van der Waals surface area (Å²) in [4.78, 5) is 50.2. The van der Waals surface area contributed by atoms with E-state index in [4.69, 9.17) is 28.4 Å². The van der Waals surface area contributed by atoms with Crippen molar-refractivity contribution in [2.45, 2.75) is 244 Å². The zero-order valence-electron chi connectivity index (χ0n) is 38.2.